The molecule has 4 aromatic carbocycles. The zero-order valence-electron chi connectivity index (χ0n) is 39.5. The smallest absolute Gasteiger partial charge is 0.246 e. The fraction of sp³-hybridized carbons (Fsp3) is 0.382. The Morgan fingerprint density at radius 1 is 0.791 bits per heavy atom. The summed E-state index contributed by atoms with van der Waals surface area (Å²) in [5, 5.41) is 31.4. The molecular formula is C55H66N4O7S. The average molecular weight is 927 g/mol. The van der Waals surface area contributed by atoms with Crippen molar-refractivity contribution >= 4 is 46.1 Å². The van der Waals surface area contributed by atoms with Crippen molar-refractivity contribution in [1.29, 1.82) is 0 Å². The Kier molecular flexibility index (Phi) is 18.0. The number of nitrogens with zero attached hydrogens (tertiary/aromatic N) is 1. The number of ether oxygens (including phenoxy) is 1. The van der Waals surface area contributed by atoms with Crippen LogP contribution in [0, 0.1) is 12.3 Å². The standard InChI is InChI=1S/C55H66N4O7S/c1-6-46(39-14-10-9-11-15-39)50(40-22-26-43(60)27-23-40)41-24-28-45(29-25-41)66-32-31-56-48(62)16-12-7-8-13-17-49(63)58-52(55(3,4)5)54(65)59-36-44(61)34-47(59)53(64)57-35-38-18-20-42(21-19-38)51-37(2)30-33-67-51/h9-11,14-15,18-30,33,44,47,52,60-61H,6-8,12-13,16-17,31-32,34-36H2,1-5H3,(H,56,62)(H,57,64)(H,58,63)/b50-46-/t44-,47+,52-/m1/s1. The van der Waals surface area contributed by atoms with Crippen LogP contribution >= 0.6 is 11.3 Å². The first-order valence-corrected chi connectivity index (χ1v) is 24.4. The van der Waals surface area contributed by atoms with Gasteiger partial charge in [0.05, 0.1) is 12.6 Å². The number of carbonyl (C=O) groups excluding carboxylic acids is 4. The number of hydrogen-bond acceptors (Lipinski definition) is 8. The Balaban J connectivity index is 0.889. The van der Waals surface area contributed by atoms with Crippen LogP contribution in [0.4, 0.5) is 0 Å². The van der Waals surface area contributed by atoms with Gasteiger partial charge in [0.1, 0.15) is 30.2 Å². The van der Waals surface area contributed by atoms with Crippen LogP contribution in [0.2, 0.25) is 0 Å². The quantitative estimate of drug-likeness (QED) is 0.0363. The van der Waals surface area contributed by atoms with Crippen molar-refractivity contribution in [2.24, 2.45) is 5.41 Å². The van der Waals surface area contributed by atoms with Crippen molar-refractivity contribution in [3.05, 3.63) is 142 Å². The number of phenols is 1. The van der Waals surface area contributed by atoms with Crippen LogP contribution < -0.4 is 20.7 Å². The molecule has 0 radical (unpaired) electrons. The number of aromatic hydroxyl groups is 1. The van der Waals surface area contributed by atoms with Gasteiger partial charge in [0.15, 0.2) is 0 Å². The third-order valence-electron chi connectivity index (χ3n) is 12.2. The number of amides is 4. The number of β-amino-alcohol motifs (C(OH)–C–C–N with tert-alkyl or cyclic N) is 1. The molecule has 1 saturated heterocycles. The molecule has 6 rings (SSSR count). The van der Waals surface area contributed by atoms with E-state index in [4.69, 9.17) is 4.74 Å². The molecule has 354 valence electrons. The molecule has 2 heterocycles. The Hall–Kier alpha value is -6.24. The first-order chi connectivity index (χ1) is 32.2. The van der Waals surface area contributed by atoms with Crippen molar-refractivity contribution in [1.82, 2.24) is 20.9 Å². The van der Waals surface area contributed by atoms with Gasteiger partial charge in [-0.05, 0) is 112 Å². The molecule has 0 bridgehead atoms. The number of phenolic OH excluding ortho intramolecular Hbond substituents is 1. The summed E-state index contributed by atoms with van der Waals surface area (Å²) in [4.78, 5) is 55.8. The minimum atomic E-state index is -0.888. The highest BCUT2D eigenvalue weighted by atomic mass is 32.1. The van der Waals surface area contributed by atoms with E-state index < -0.39 is 23.6 Å². The van der Waals surface area contributed by atoms with Gasteiger partial charge in [0.2, 0.25) is 23.6 Å². The lowest BCUT2D eigenvalue weighted by Crippen LogP contribution is -2.57. The summed E-state index contributed by atoms with van der Waals surface area (Å²) in [6.45, 7) is 10.8. The molecule has 67 heavy (non-hydrogen) atoms. The van der Waals surface area contributed by atoms with Gasteiger partial charge in [-0.2, -0.15) is 0 Å². The third-order valence-corrected chi connectivity index (χ3v) is 13.2. The molecular weight excluding hydrogens is 861 g/mol. The van der Waals surface area contributed by atoms with E-state index in [2.05, 4.69) is 53.4 Å². The van der Waals surface area contributed by atoms with Crippen molar-refractivity contribution < 1.29 is 34.1 Å². The second-order valence-electron chi connectivity index (χ2n) is 18.4. The number of nitrogens with one attached hydrogen (secondary N) is 3. The van der Waals surface area contributed by atoms with Crippen molar-refractivity contribution in [2.75, 3.05) is 19.7 Å². The van der Waals surface area contributed by atoms with E-state index >= 15 is 0 Å². The number of thiophene rings is 1. The second kappa shape index (κ2) is 24.0. The van der Waals surface area contributed by atoms with Gasteiger partial charge in [-0.25, -0.2) is 0 Å². The van der Waals surface area contributed by atoms with Crippen molar-refractivity contribution in [3.8, 4) is 21.9 Å². The molecule has 0 saturated carbocycles. The van der Waals surface area contributed by atoms with E-state index in [1.165, 1.54) is 20.9 Å². The molecule has 5 N–H and O–H groups in total. The molecule has 1 aliphatic heterocycles. The maximum atomic E-state index is 14.0. The lowest BCUT2D eigenvalue weighted by atomic mass is 9.85. The topological polar surface area (TPSA) is 157 Å². The maximum absolute atomic E-state index is 14.0. The number of benzene rings is 4. The van der Waals surface area contributed by atoms with E-state index in [1.54, 1.807) is 23.5 Å². The molecule has 11 nitrogen and oxygen atoms in total. The van der Waals surface area contributed by atoms with Crippen LogP contribution in [-0.4, -0.2) is 76.6 Å². The van der Waals surface area contributed by atoms with E-state index in [0.29, 0.717) is 38.2 Å². The van der Waals surface area contributed by atoms with E-state index in [9.17, 15) is 29.4 Å². The van der Waals surface area contributed by atoms with Gasteiger partial charge in [-0.1, -0.05) is 119 Å². The molecule has 3 atom stereocenters. The largest absolute Gasteiger partial charge is 0.508 e. The summed E-state index contributed by atoms with van der Waals surface area (Å²) >= 11 is 1.69. The number of aliphatic hydroxyl groups excluding tert-OH is 1. The molecule has 1 aromatic heterocycles. The molecule has 5 aromatic rings. The number of aryl methyl sites for hydroxylation is 1. The Bertz CT molecular complexity index is 2440. The van der Waals surface area contributed by atoms with Crippen molar-refractivity contribution in [3.63, 3.8) is 0 Å². The van der Waals surface area contributed by atoms with Gasteiger partial charge in [-0.3, -0.25) is 19.2 Å². The second-order valence-corrected chi connectivity index (χ2v) is 19.3. The van der Waals surface area contributed by atoms with E-state index in [-0.39, 0.29) is 55.3 Å². The first-order valence-electron chi connectivity index (χ1n) is 23.5. The summed E-state index contributed by atoms with van der Waals surface area (Å²) in [6.07, 6.45) is 3.50. The lowest BCUT2D eigenvalue weighted by molar-refractivity contribution is -0.144. The number of aliphatic hydroxyl groups is 1. The van der Waals surface area contributed by atoms with Gasteiger partial charge < -0.3 is 35.8 Å². The SMILES string of the molecule is CC/C(=C(\c1ccc(O)cc1)c1ccc(OCCNC(=O)CCCCCCC(=O)N[C@H](C(=O)N2C[C@H](O)C[C@H]2C(=O)NCc2ccc(-c3sccc3C)cc2)C(C)(C)C)cc1)c1ccccc1. The van der Waals surface area contributed by atoms with Crippen LogP contribution in [0.25, 0.3) is 21.6 Å². The van der Waals surface area contributed by atoms with E-state index in [0.717, 1.165) is 52.7 Å². The number of carbonyl (C=O) groups is 4. The molecule has 4 amide bonds. The van der Waals surface area contributed by atoms with Crippen molar-refractivity contribution in [2.45, 2.75) is 111 Å². The monoisotopic (exact) mass is 926 g/mol. The zero-order valence-corrected chi connectivity index (χ0v) is 40.3. The average Bonchev–Trinajstić information content (AvgIpc) is 3.94. The summed E-state index contributed by atoms with van der Waals surface area (Å²) in [5.74, 6) is -0.128. The molecule has 12 heteroatoms. The molecule has 0 aliphatic carbocycles. The van der Waals surface area contributed by atoms with Gasteiger partial charge in [0.25, 0.3) is 0 Å². The van der Waals surface area contributed by atoms with E-state index in [1.807, 2.05) is 99.6 Å². The highest BCUT2D eigenvalue weighted by Gasteiger charge is 2.44. The molecule has 1 fully saturated rings. The Morgan fingerprint density at radius 2 is 1.43 bits per heavy atom. The van der Waals surface area contributed by atoms with Gasteiger partial charge >= 0.3 is 0 Å². The molecule has 1 aliphatic rings. The van der Waals surface area contributed by atoms with Crippen LogP contribution in [0.3, 0.4) is 0 Å². The lowest BCUT2D eigenvalue weighted by Gasteiger charge is -2.35. The normalized spacial score (nSPS) is 15.6. The van der Waals surface area contributed by atoms with Crippen LogP contribution in [-0.2, 0) is 25.7 Å². The number of rotatable bonds is 21. The predicted molar refractivity (Wildman–Crippen MR) is 267 cm³/mol. The summed E-state index contributed by atoms with van der Waals surface area (Å²) in [6, 6.07) is 33.9. The highest BCUT2D eigenvalue weighted by Crippen LogP contribution is 2.36. The summed E-state index contributed by atoms with van der Waals surface area (Å²) < 4.78 is 5.96. The minimum Gasteiger partial charge on any atom is -0.508 e. The van der Waals surface area contributed by atoms with Gasteiger partial charge in [0, 0.05) is 37.2 Å². The minimum absolute atomic E-state index is 0.0148. The molecule has 0 spiro atoms. The summed E-state index contributed by atoms with van der Waals surface area (Å²) in [7, 11) is 0. The fourth-order valence-electron chi connectivity index (χ4n) is 8.50. The first kappa shape index (κ1) is 50.2. The number of unbranched alkanes of at least 4 members (excludes halogenated alkanes) is 3. The number of allylic oxidation sites excluding steroid dienone is 1. The number of hydrogen-bond donors (Lipinski definition) is 5. The van der Waals surface area contributed by atoms with Gasteiger partial charge in [-0.15, -0.1) is 11.3 Å². The molecule has 0 unspecified atom stereocenters. The van der Waals surface area contributed by atoms with Crippen LogP contribution in [0.1, 0.15) is 107 Å². The maximum Gasteiger partial charge on any atom is 0.246 e. The summed E-state index contributed by atoms with van der Waals surface area (Å²) in [5.41, 5.74) is 8.09. The van der Waals surface area contributed by atoms with Crippen LogP contribution in [0.5, 0.6) is 11.5 Å². The fourth-order valence-corrected chi connectivity index (χ4v) is 9.44. The zero-order chi connectivity index (χ0) is 47.9. The van der Waals surface area contributed by atoms with Crippen LogP contribution in [0.15, 0.2) is 115 Å². The Morgan fingerprint density at radius 3 is 2.04 bits per heavy atom. The Labute approximate surface area is 399 Å². The third kappa shape index (κ3) is 14.1. The highest BCUT2D eigenvalue weighted by molar-refractivity contribution is 7.13. The predicted octanol–water partition coefficient (Wildman–Crippen LogP) is 9.44. The number of likely N-dealkylation sites (tertiary alicyclic amines) is 1.